The highest BCUT2D eigenvalue weighted by Crippen LogP contribution is 2.34. The largest absolute Gasteiger partial charge is 0.463 e. The van der Waals surface area contributed by atoms with Gasteiger partial charge in [-0.1, -0.05) is 0 Å². The van der Waals surface area contributed by atoms with Crippen molar-refractivity contribution in [1.82, 2.24) is 14.9 Å². The second-order valence-electron chi connectivity index (χ2n) is 7.60. The quantitative estimate of drug-likeness (QED) is 0.758. The van der Waals surface area contributed by atoms with Crippen LogP contribution < -0.4 is 4.74 Å². The predicted octanol–water partition coefficient (Wildman–Crippen LogP) is 2.75. The summed E-state index contributed by atoms with van der Waals surface area (Å²) in [6.45, 7) is 8.69. The lowest BCUT2D eigenvalue weighted by Gasteiger charge is -2.46. The number of carbonyl (C=O) groups excluding carboxylic acids is 1. The standard InChI is InChI=1S/C17H24BrN3O4/c1-17(2,3)25-16(22)21-6-11-8-23-9-12(7-21)14(11)10-24-15-19-4-13(18)5-20-15/h4-5,11-12,14H,6-10H2,1-3H3. The van der Waals surface area contributed by atoms with Gasteiger partial charge >= 0.3 is 12.1 Å². The molecule has 0 spiro atoms. The maximum atomic E-state index is 12.4. The molecule has 3 rings (SSSR count). The fraction of sp³-hybridized carbons (Fsp3) is 0.706. The monoisotopic (exact) mass is 413 g/mol. The number of ether oxygens (including phenoxy) is 3. The van der Waals surface area contributed by atoms with Gasteiger partial charge in [0, 0.05) is 43.2 Å². The van der Waals surface area contributed by atoms with Crippen LogP contribution in [0, 0.1) is 17.8 Å². The molecule has 0 radical (unpaired) electrons. The molecular weight excluding hydrogens is 390 g/mol. The third kappa shape index (κ3) is 4.82. The highest BCUT2D eigenvalue weighted by molar-refractivity contribution is 9.10. The number of halogens is 1. The van der Waals surface area contributed by atoms with E-state index >= 15 is 0 Å². The van der Waals surface area contributed by atoms with Crippen LogP contribution in [-0.2, 0) is 9.47 Å². The molecular formula is C17H24BrN3O4. The Bertz CT molecular complexity index is 591. The third-order valence-corrected chi connectivity index (χ3v) is 4.85. The van der Waals surface area contributed by atoms with Crippen molar-refractivity contribution in [1.29, 1.82) is 0 Å². The van der Waals surface area contributed by atoms with E-state index in [-0.39, 0.29) is 17.9 Å². The summed E-state index contributed by atoms with van der Waals surface area (Å²) in [6, 6.07) is 0.372. The molecule has 1 amide bonds. The first-order chi connectivity index (χ1) is 11.8. The number of likely N-dealkylation sites (tertiary alicyclic amines) is 1. The lowest BCUT2D eigenvalue weighted by Crippen LogP contribution is -2.56. The first-order valence-corrected chi connectivity index (χ1v) is 9.27. The number of carbonyl (C=O) groups is 1. The molecule has 3 heterocycles. The molecule has 138 valence electrons. The molecule has 1 aromatic heterocycles. The summed E-state index contributed by atoms with van der Waals surface area (Å²) in [7, 11) is 0. The SMILES string of the molecule is CC(C)(C)OC(=O)N1CC2COCC(C1)C2COc1ncc(Br)cn1. The van der Waals surface area contributed by atoms with Crippen molar-refractivity contribution in [2.24, 2.45) is 17.8 Å². The second-order valence-corrected chi connectivity index (χ2v) is 8.52. The molecule has 7 nitrogen and oxygen atoms in total. The second kappa shape index (κ2) is 7.45. The van der Waals surface area contributed by atoms with Crippen LogP contribution in [0.1, 0.15) is 20.8 Å². The Labute approximate surface area is 156 Å². The van der Waals surface area contributed by atoms with Crippen LogP contribution in [0.15, 0.2) is 16.9 Å². The molecule has 0 saturated carbocycles. The molecule has 25 heavy (non-hydrogen) atoms. The summed E-state index contributed by atoms with van der Waals surface area (Å²) in [4.78, 5) is 22.5. The minimum Gasteiger partial charge on any atom is -0.463 e. The molecule has 0 aromatic carbocycles. The molecule has 0 aliphatic carbocycles. The summed E-state index contributed by atoms with van der Waals surface area (Å²) in [5, 5.41) is 0. The minimum atomic E-state index is -0.485. The molecule has 8 heteroatoms. The number of hydrogen-bond donors (Lipinski definition) is 0. The van der Waals surface area contributed by atoms with Gasteiger partial charge in [-0.3, -0.25) is 0 Å². The van der Waals surface area contributed by atoms with Crippen LogP contribution in [0.2, 0.25) is 0 Å². The first kappa shape index (κ1) is 18.4. The predicted molar refractivity (Wildman–Crippen MR) is 94.3 cm³/mol. The van der Waals surface area contributed by atoms with Gasteiger partial charge in [-0.15, -0.1) is 0 Å². The fourth-order valence-electron chi connectivity index (χ4n) is 3.31. The van der Waals surface area contributed by atoms with Crippen molar-refractivity contribution >= 4 is 22.0 Å². The van der Waals surface area contributed by atoms with E-state index < -0.39 is 5.60 Å². The van der Waals surface area contributed by atoms with Crippen molar-refractivity contribution in [3.63, 3.8) is 0 Å². The van der Waals surface area contributed by atoms with E-state index in [0.717, 1.165) is 4.47 Å². The molecule has 2 saturated heterocycles. The number of nitrogens with zero attached hydrogens (tertiary/aromatic N) is 3. The van der Waals surface area contributed by atoms with Gasteiger partial charge in [0.05, 0.1) is 24.3 Å². The zero-order valence-corrected chi connectivity index (χ0v) is 16.4. The highest BCUT2D eigenvalue weighted by Gasteiger charge is 2.43. The van der Waals surface area contributed by atoms with E-state index in [9.17, 15) is 4.79 Å². The van der Waals surface area contributed by atoms with Crippen molar-refractivity contribution in [3.8, 4) is 6.01 Å². The molecule has 2 fully saturated rings. The van der Waals surface area contributed by atoms with Gasteiger partial charge in [0.25, 0.3) is 0 Å². The molecule has 2 unspecified atom stereocenters. The number of fused-ring (bicyclic) bond motifs is 2. The van der Waals surface area contributed by atoms with Crippen LogP contribution in [0.3, 0.4) is 0 Å². The van der Waals surface area contributed by atoms with Gasteiger partial charge in [-0.05, 0) is 36.7 Å². The molecule has 2 bridgehead atoms. The van der Waals surface area contributed by atoms with Crippen molar-refractivity contribution in [3.05, 3.63) is 16.9 Å². The van der Waals surface area contributed by atoms with Crippen LogP contribution in [0.4, 0.5) is 4.79 Å². The van der Waals surface area contributed by atoms with Gasteiger partial charge in [-0.2, -0.15) is 0 Å². The number of rotatable bonds is 3. The Hall–Kier alpha value is -1.41. The van der Waals surface area contributed by atoms with E-state index in [1.165, 1.54) is 0 Å². The summed E-state index contributed by atoms with van der Waals surface area (Å²) in [6.07, 6.45) is 3.08. The smallest absolute Gasteiger partial charge is 0.410 e. The number of aromatic nitrogens is 2. The zero-order valence-electron chi connectivity index (χ0n) is 14.8. The van der Waals surface area contributed by atoms with Gasteiger partial charge in [0.2, 0.25) is 0 Å². The Morgan fingerprint density at radius 2 is 1.88 bits per heavy atom. The summed E-state index contributed by atoms with van der Waals surface area (Å²) < 4.78 is 17.8. The minimum absolute atomic E-state index is 0.232. The first-order valence-electron chi connectivity index (χ1n) is 8.48. The van der Waals surface area contributed by atoms with Crippen LogP contribution in [-0.4, -0.2) is 59.5 Å². The molecule has 1 aromatic rings. The molecule has 2 aliphatic heterocycles. The van der Waals surface area contributed by atoms with Gasteiger partial charge in [0.1, 0.15) is 5.60 Å². The molecule has 2 atom stereocenters. The Morgan fingerprint density at radius 3 is 2.44 bits per heavy atom. The van der Waals surface area contributed by atoms with Crippen molar-refractivity contribution < 1.29 is 19.0 Å². The lowest BCUT2D eigenvalue weighted by molar-refractivity contribution is -0.0950. The normalized spacial score (nSPS) is 26.2. The van der Waals surface area contributed by atoms with Gasteiger partial charge in [0.15, 0.2) is 0 Å². The van der Waals surface area contributed by atoms with Crippen molar-refractivity contribution in [2.45, 2.75) is 26.4 Å². The Balaban J connectivity index is 1.60. The van der Waals surface area contributed by atoms with E-state index in [2.05, 4.69) is 25.9 Å². The summed E-state index contributed by atoms with van der Waals surface area (Å²) in [5.74, 6) is 0.783. The number of piperidine rings is 1. The van der Waals surface area contributed by atoms with Gasteiger partial charge in [-0.25, -0.2) is 14.8 Å². The van der Waals surface area contributed by atoms with E-state index in [1.807, 2.05) is 20.8 Å². The highest BCUT2D eigenvalue weighted by atomic mass is 79.9. The summed E-state index contributed by atoms with van der Waals surface area (Å²) >= 11 is 3.31. The van der Waals surface area contributed by atoms with Crippen molar-refractivity contribution in [2.75, 3.05) is 32.9 Å². The average Bonchev–Trinajstić information content (AvgIpc) is 2.52. The fourth-order valence-corrected chi connectivity index (χ4v) is 3.52. The van der Waals surface area contributed by atoms with E-state index in [1.54, 1.807) is 17.3 Å². The topological polar surface area (TPSA) is 73.8 Å². The van der Waals surface area contributed by atoms with Gasteiger partial charge < -0.3 is 19.1 Å². The average molecular weight is 414 g/mol. The van der Waals surface area contributed by atoms with E-state index in [0.29, 0.717) is 44.8 Å². The Morgan fingerprint density at radius 1 is 1.28 bits per heavy atom. The lowest BCUT2D eigenvalue weighted by atomic mass is 9.77. The van der Waals surface area contributed by atoms with Crippen LogP contribution >= 0.6 is 15.9 Å². The maximum absolute atomic E-state index is 12.4. The zero-order chi connectivity index (χ0) is 18.0. The van der Waals surface area contributed by atoms with Crippen LogP contribution in [0.5, 0.6) is 6.01 Å². The number of hydrogen-bond acceptors (Lipinski definition) is 6. The van der Waals surface area contributed by atoms with Crippen LogP contribution in [0.25, 0.3) is 0 Å². The molecule has 2 aliphatic rings. The third-order valence-electron chi connectivity index (χ3n) is 4.44. The number of amides is 1. The Kier molecular flexibility index (Phi) is 5.48. The van der Waals surface area contributed by atoms with E-state index in [4.69, 9.17) is 14.2 Å². The molecule has 0 N–H and O–H groups in total. The maximum Gasteiger partial charge on any atom is 0.410 e. The summed E-state index contributed by atoms with van der Waals surface area (Å²) in [5.41, 5.74) is -0.485.